The van der Waals surface area contributed by atoms with E-state index in [1.165, 1.54) is 51.6 Å². The molecule has 3 rings (SSSR count). The van der Waals surface area contributed by atoms with E-state index in [4.69, 9.17) is 12.2 Å². The Hall–Kier alpha value is -0.350. The van der Waals surface area contributed by atoms with Gasteiger partial charge in [0.25, 0.3) is 0 Å². The Morgan fingerprint density at radius 3 is 2.75 bits per heavy atom. The van der Waals surface area contributed by atoms with Gasteiger partial charge in [0.15, 0.2) is 11.8 Å². The summed E-state index contributed by atoms with van der Waals surface area (Å²) < 4.78 is 0. The molecule has 2 heterocycles. The number of quaternary nitrogens is 1. The van der Waals surface area contributed by atoms with E-state index in [0.29, 0.717) is 12.1 Å². The summed E-state index contributed by atoms with van der Waals surface area (Å²) in [5, 5.41) is 4.55. The molecule has 0 bridgehead atoms. The molecule has 16 heavy (non-hydrogen) atoms. The molecule has 0 aromatic rings. The van der Waals surface area contributed by atoms with Gasteiger partial charge in [0, 0.05) is 18.9 Å². The number of hydrogen-bond donors (Lipinski definition) is 2. The molecule has 1 aliphatic carbocycles. The van der Waals surface area contributed by atoms with Crippen LogP contribution in [0.15, 0.2) is 0 Å². The first kappa shape index (κ1) is 10.8. The lowest BCUT2D eigenvalue weighted by Gasteiger charge is -2.31. The molecule has 2 aliphatic heterocycles. The molecule has 4 heteroatoms. The monoisotopic (exact) mass is 240 g/mol. The molecule has 0 radical (unpaired) electrons. The molecule has 0 spiro atoms. The fourth-order valence-electron chi connectivity index (χ4n) is 3.51. The largest absolute Gasteiger partial charge is 0.358 e. The first-order valence-electron chi connectivity index (χ1n) is 6.75. The van der Waals surface area contributed by atoms with Crippen molar-refractivity contribution in [3.8, 4) is 0 Å². The molecule has 2 atom stereocenters. The highest BCUT2D eigenvalue weighted by atomic mass is 32.1. The van der Waals surface area contributed by atoms with E-state index < -0.39 is 0 Å². The first-order chi connectivity index (χ1) is 7.84. The zero-order chi connectivity index (χ0) is 11.0. The molecule has 1 saturated carbocycles. The third-order valence-electron chi connectivity index (χ3n) is 4.40. The summed E-state index contributed by atoms with van der Waals surface area (Å²) in [6, 6.07) is 1.36. The van der Waals surface area contributed by atoms with E-state index in [0.717, 1.165) is 11.8 Å². The van der Waals surface area contributed by atoms with Crippen molar-refractivity contribution in [3.63, 3.8) is 0 Å². The Kier molecular flexibility index (Phi) is 3.03. The number of hydrogen-bond acceptors (Lipinski definition) is 1. The van der Waals surface area contributed by atoms with Crippen LogP contribution in [0.4, 0.5) is 0 Å². The molecule has 2 saturated heterocycles. The molecule has 90 valence electrons. The predicted octanol–water partition coefficient (Wildman–Crippen LogP) is 0.124. The summed E-state index contributed by atoms with van der Waals surface area (Å²) in [6.45, 7) is 3.83. The zero-order valence-electron chi connectivity index (χ0n) is 9.87. The first-order valence-corrected chi connectivity index (χ1v) is 7.16. The number of fused-ring (bicyclic) bond motifs is 1. The van der Waals surface area contributed by atoms with Crippen LogP contribution in [0.2, 0.25) is 0 Å². The lowest BCUT2D eigenvalue weighted by Crippen LogP contribution is -3.11. The Labute approximate surface area is 103 Å². The van der Waals surface area contributed by atoms with Gasteiger partial charge in [0.05, 0.1) is 19.1 Å². The summed E-state index contributed by atoms with van der Waals surface area (Å²) in [5.41, 5.74) is 0. The molecule has 2 N–H and O–H groups in total. The van der Waals surface area contributed by atoms with Crippen LogP contribution in [0.1, 0.15) is 38.5 Å². The van der Waals surface area contributed by atoms with E-state index in [1.54, 1.807) is 4.90 Å². The summed E-state index contributed by atoms with van der Waals surface area (Å²) in [7, 11) is 0. The molecule has 0 unspecified atom stereocenters. The smallest absolute Gasteiger partial charge is 0.173 e. The molecular weight excluding hydrogens is 218 g/mol. The summed E-state index contributed by atoms with van der Waals surface area (Å²) in [4.78, 5) is 4.22. The fraction of sp³-hybridized carbons (Fsp3) is 0.917. The molecular formula is C12H22N3S+. The SMILES string of the molecule is S=C1N[C@H]2CCCC[C@@H]2N1C[NH+]1CCCC1. The van der Waals surface area contributed by atoms with E-state index in [9.17, 15) is 0 Å². The van der Waals surface area contributed by atoms with Crippen LogP contribution >= 0.6 is 12.2 Å². The van der Waals surface area contributed by atoms with Gasteiger partial charge in [-0.1, -0.05) is 12.8 Å². The van der Waals surface area contributed by atoms with Crippen LogP contribution in [-0.4, -0.2) is 41.9 Å². The molecule has 3 aliphatic rings. The van der Waals surface area contributed by atoms with E-state index in [2.05, 4.69) is 10.2 Å². The van der Waals surface area contributed by atoms with Gasteiger partial charge in [-0.3, -0.25) is 4.90 Å². The Morgan fingerprint density at radius 1 is 1.19 bits per heavy atom. The lowest BCUT2D eigenvalue weighted by molar-refractivity contribution is -0.896. The standard InChI is InChI=1S/C12H21N3S/c16-12-13-10-5-1-2-6-11(10)15(12)9-14-7-3-4-8-14/h10-11H,1-9H2,(H,13,16)/p+1/t10-,11-/m0/s1. The Bertz CT molecular complexity index is 275. The van der Waals surface area contributed by atoms with Crippen LogP contribution in [-0.2, 0) is 0 Å². The van der Waals surface area contributed by atoms with Gasteiger partial charge in [0.2, 0.25) is 0 Å². The maximum absolute atomic E-state index is 5.49. The highest BCUT2D eigenvalue weighted by molar-refractivity contribution is 7.80. The van der Waals surface area contributed by atoms with E-state index in [1.807, 2.05) is 0 Å². The second-order valence-corrected chi connectivity index (χ2v) is 5.88. The van der Waals surface area contributed by atoms with Crippen molar-refractivity contribution in [3.05, 3.63) is 0 Å². The minimum atomic E-state index is 0.656. The zero-order valence-corrected chi connectivity index (χ0v) is 10.7. The summed E-state index contributed by atoms with van der Waals surface area (Å²) in [6.07, 6.45) is 8.22. The van der Waals surface area contributed by atoms with E-state index in [-0.39, 0.29) is 0 Å². The number of likely N-dealkylation sites (tertiary alicyclic amines) is 1. The van der Waals surface area contributed by atoms with Crippen LogP contribution in [0.5, 0.6) is 0 Å². The lowest BCUT2D eigenvalue weighted by atomic mass is 9.91. The van der Waals surface area contributed by atoms with Gasteiger partial charge in [-0.15, -0.1) is 0 Å². The quantitative estimate of drug-likeness (QED) is 0.669. The van der Waals surface area contributed by atoms with Gasteiger partial charge in [-0.25, -0.2) is 0 Å². The average molecular weight is 240 g/mol. The maximum Gasteiger partial charge on any atom is 0.173 e. The Morgan fingerprint density at radius 2 is 1.94 bits per heavy atom. The maximum atomic E-state index is 5.49. The minimum Gasteiger partial charge on any atom is -0.358 e. The number of rotatable bonds is 2. The van der Waals surface area contributed by atoms with Crippen molar-refractivity contribution < 1.29 is 4.90 Å². The Balaban J connectivity index is 1.65. The fourth-order valence-corrected chi connectivity index (χ4v) is 3.86. The summed E-state index contributed by atoms with van der Waals surface area (Å²) in [5.74, 6) is 0. The summed E-state index contributed by atoms with van der Waals surface area (Å²) >= 11 is 5.49. The van der Waals surface area contributed by atoms with Crippen LogP contribution in [0, 0.1) is 0 Å². The third kappa shape index (κ3) is 1.93. The van der Waals surface area contributed by atoms with Crippen LogP contribution in [0.3, 0.4) is 0 Å². The highest BCUT2D eigenvalue weighted by Gasteiger charge is 2.40. The number of thiocarbonyl (C=S) groups is 1. The van der Waals surface area contributed by atoms with Crippen LogP contribution in [0.25, 0.3) is 0 Å². The van der Waals surface area contributed by atoms with E-state index >= 15 is 0 Å². The molecule has 3 fully saturated rings. The average Bonchev–Trinajstić information content (AvgIpc) is 2.89. The van der Waals surface area contributed by atoms with Crippen molar-refractivity contribution in [1.29, 1.82) is 0 Å². The topological polar surface area (TPSA) is 19.7 Å². The molecule has 0 aromatic carbocycles. The second kappa shape index (κ2) is 4.49. The molecule has 3 nitrogen and oxygen atoms in total. The number of nitrogens with one attached hydrogen (secondary N) is 2. The highest BCUT2D eigenvalue weighted by Crippen LogP contribution is 2.27. The van der Waals surface area contributed by atoms with Gasteiger partial charge in [-0.05, 0) is 25.1 Å². The van der Waals surface area contributed by atoms with Crippen molar-refractivity contribution in [1.82, 2.24) is 10.2 Å². The molecule has 0 aromatic heterocycles. The van der Waals surface area contributed by atoms with Gasteiger partial charge < -0.3 is 10.2 Å². The minimum absolute atomic E-state index is 0.656. The second-order valence-electron chi connectivity index (χ2n) is 5.49. The van der Waals surface area contributed by atoms with Crippen molar-refractivity contribution in [2.24, 2.45) is 0 Å². The predicted molar refractivity (Wildman–Crippen MR) is 68.4 cm³/mol. The normalized spacial score (nSPS) is 35.2. The van der Waals surface area contributed by atoms with Gasteiger partial charge in [-0.2, -0.15) is 0 Å². The third-order valence-corrected chi connectivity index (χ3v) is 4.76. The molecule has 0 amide bonds. The van der Waals surface area contributed by atoms with Crippen molar-refractivity contribution in [2.45, 2.75) is 50.6 Å². The number of nitrogens with zero attached hydrogens (tertiary/aromatic N) is 1. The van der Waals surface area contributed by atoms with Gasteiger partial charge >= 0.3 is 0 Å². The van der Waals surface area contributed by atoms with Gasteiger partial charge in [0.1, 0.15) is 0 Å². The van der Waals surface area contributed by atoms with Crippen LogP contribution < -0.4 is 10.2 Å². The van der Waals surface area contributed by atoms with Crippen molar-refractivity contribution >= 4 is 17.3 Å². The van der Waals surface area contributed by atoms with Crippen molar-refractivity contribution in [2.75, 3.05) is 19.8 Å².